The van der Waals surface area contributed by atoms with Crippen LogP contribution in [0, 0.1) is 22.7 Å². The number of carbonyl (C=O) groups is 1. The average molecular weight is 254 g/mol. The van der Waals surface area contributed by atoms with Crippen LogP contribution in [0.4, 0.5) is 0 Å². The molecule has 0 aromatic heterocycles. The van der Waals surface area contributed by atoms with Crippen LogP contribution in [0.1, 0.15) is 33.1 Å². The molecule has 0 spiro atoms. The Morgan fingerprint density at radius 2 is 2.24 bits per heavy atom. The molecule has 3 nitrogen and oxygen atoms in total. The summed E-state index contributed by atoms with van der Waals surface area (Å²) in [6.45, 7) is 4.15. The molecule has 0 heterocycles. The maximum Gasteiger partial charge on any atom is 0.243 e. The van der Waals surface area contributed by atoms with Gasteiger partial charge in [0.25, 0.3) is 0 Å². The third-order valence-corrected chi connectivity index (χ3v) is 4.38. The third kappa shape index (κ3) is 2.95. The summed E-state index contributed by atoms with van der Waals surface area (Å²) >= 11 is 1.79. The first-order chi connectivity index (χ1) is 7.96. The number of hydrogen-bond donors (Lipinski definition) is 0. The molecule has 0 aromatic rings. The number of thioether (sulfide) groups is 1. The molecular weight excluding hydrogens is 232 g/mol. The Morgan fingerprint density at radius 3 is 2.65 bits per heavy atom. The molecule has 1 atom stereocenters. The molecule has 0 bridgehead atoms. The Bertz CT molecular complexity index is 318. The Morgan fingerprint density at radius 1 is 1.65 bits per heavy atom. The molecule has 1 saturated carbocycles. The van der Waals surface area contributed by atoms with E-state index in [1.807, 2.05) is 7.05 Å². The van der Waals surface area contributed by atoms with E-state index < -0.39 is 5.41 Å². The van der Waals surface area contributed by atoms with Gasteiger partial charge in [-0.25, -0.2) is 0 Å². The lowest BCUT2D eigenvalue weighted by Crippen LogP contribution is -2.51. The van der Waals surface area contributed by atoms with Crippen LogP contribution in [0.5, 0.6) is 0 Å². The van der Waals surface area contributed by atoms with Crippen LogP contribution >= 0.6 is 11.8 Å². The number of hydrogen-bond acceptors (Lipinski definition) is 3. The van der Waals surface area contributed by atoms with Crippen molar-refractivity contribution in [2.24, 2.45) is 11.3 Å². The van der Waals surface area contributed by atoms with Crippen molar-refractivity contribution in [1.29, 1.82) is 5.26 Å². The van der Waals surface area contributed by atoms with Gasteiger partial charge < -0.3 is 4.90 Å². The molecule has 17 heavy (non-hydrogen) atoms. The number of nitriles is 1. The van der Waals surface area contributed by atoms with Gasteiger partial charge in [0.2, 0.25) is 5.91 Å². The summed E-state index contributed by atoms with van der Waals surface area (Å²) in [5, 5.41) is 9.23. The van der Waals surface area contributed by atoms with Gasteiger partial charge in [0.1, 0.15) is 5.41 Å². The maximum atomic E-state index is 12.3. The molecule has 0 saturated heterocycles. The quantitative estimate of drug-likeness (QED) is 0.757. The highest BCUT2D eigenvalue weighted by molar-refractivity contribution is 7.98. The summed E-state index contributed by atoms with van der Waals surface area (Å²) in [5.41, 5.74) is -0.720. The van der Waals surface area contributed by atoms with Crippen molar-refractivity contribution in [1.82, 2.24) is 4.90 Å². The van der Waals surface area contributed by atoms with Crippen molar-refractivity contribution in [2.45, 2.75) is 39.2 Å². The van der Waals surface area contributed by atoms with Crippen molar-refractivity contribution in [3.8, 4) is 6.07 Å². The van der Waals surface area contributed by atoms with Crippen LogP contribution in [-0.4, -0.2) is 35.9 Å². The summed E-state index contributed by atoms with van der Waals surface area (Å²) in [6.07, 6.45) is 4.50. The van der Waals surface area contributed by atoms with Gasteiger partial charge in [-0.05, 0) is 44.1 Å². The molecule has 1 unspecified atom stereocenters. The van der Waals surface area contributed by atoms with Crippen LogP contribution in [0.3, 0.4) is 0 Å². The maximum absolute atomic E-state index is 12.3. The Labute approximate surface area is 109 Å². The monoisotopic (exact) mass is 254 g/mol. The van der Waals surface area contributed by atoms with Gasteiger partial charge in [-0.2, -0.15) is 17.0 Å². The summed E-state index contributed by atoms with van der Waals surface area (Å²) < 4.78 is 0. The van der Waals surface area contributed by atoms with Gasteiger partial charge in [-0.3, -0.25) is 4.79 Å². The van der Waals surface area contributed by atoms with Gasteiger partial charge in [0.05, 0.1) is 6.07 Å². The lowest BCUT2D eigenvalue weighted by Gasteiger charge is -2.42. The fourth-order valence-electron chi connectivity index (χ4n) is 2.46. The lowest BCUT2D eigenvalue weighted by atomic mass is 9.62. The highest BCUT2D eigenvalue weighted by Crippen LogP contribution is 2.46. The number of amides is 1. The SMILES string of the molecule is CSCCC(C)N(C)C(=O)C1(C#N)CC(C)C1. The van der Waals surface area contributed by atoms with E-state index in [0.717, 1.165) is 25.0 Å². The smallest absolute Gasteiger partial charge is 0.243 e. The van der Waals surface area contributed by atoms with Gasteiger partial charge in [0.15, 0.2) is 0 Å². The minimum absolute atomic E-state index is 0.0201. The Hall–Kier alpha value is -0.690. The van der Waals surface area contributed by atoms with E-state index in [-0.39, 0.29) is 11.9 Å². The molecule has 1 rings (SSSR count). The molecule has 1 aliphatic rings. The highest BCUT2D eigenvalue weighted by atomic mass is 32.2. The zero-order valence-electron chi connectivity index (χ0n) is 11.2. The van der Waals surface area contributed by atoms with Crippen LogP contribution in [0.2, 0.25) is 0 Å². The summed E-state index contributed by atoms with van der Waals surface area (Å²) in [4.78, 5) is 14.1. The lowest BCUT2D eigenvalue weighted by molar-refractivity contribution is -0.145. The van der Waals surface area contributed by atoms with Crippen LogP contribution in [0.25, 0.3) is 0 Å². The van der Waals surface area contributed by atoms with E-state index in [1.54, 1.807) is 16.7 Å². The minimum Gasteiger partial charge on any atom is -0.342 e. The van der Waals surface area contributed by atoms with Gasteiger partial charge in [-0.1, -0.05) is 6.92 Å². The van der Waals surface area contributed by atoms with Crippen molar-refractivity contribution < 1.29 is 4.79 Å². The summed E-state index contributed by atoms with van der Waals surface area (Å²) in [7, 11) is 1.83. The van der Waals surface area contributed by atoms with E-state index >= 15 is 0 Å². The van der Waals surface area contributed by atoms with Gasteiger partial charge >= 0.3 is 0 Å². The molecule has 1 aliphatic carbocycles. The van der Waals surface area contributed by atoms with Gasteiger partial charge in [-0.15, -0.1) is 0 Å². The highest BCUT2D eigenvalue weighted by Gasteiger charge is 2.50. The first-order valence-electron chi connectivity index (χ1n) is 6.14. The number of carbonyl (C=O) groups excluding carboxylic acids is 1. The summed E-state index contributed by atoms with van der Waals surface area (Å²) in [6, 6.07) is 2.46. The molecular formula is C13H22N2OS. The topological polar surface area (TPSA) is 44.1 Å². The molecule has 1 fully saturated rings. The van der Waals surface area contributed by atoms with Crippen LogP contribution in [0.15, 0.2) is 0 Å². The molecule has 0 N–H and O–H groups in total. The van der Waals surface area contributed by atoms with Crippen LogP contribution in [-0.2, 0) is 4.79 Å². The predicted molar refractivity (Wildman–Crippen MR) is 71.7 cm³/mol. The number of nitrogens with zero attached hydrogens (tertiary/aromatic N) is 2. The minimum atomic E-state index is -0.720. The van der Waals surface area contributed by atoms with Crippen molar-refractivity contribution in [2.75, 3.05) is 19.1 Å². The molecule has 4 heteroatoms. The molecule has 0 aliphatic heterocycles. The number of rotatable bonds is 5. The fraction of sp³-hybridized carbons (Fsp3) is 0.846. The standard InChI is InChI=1S/C13H22N2OS/c1-10-7-13(8-10,9-14)12(16)15(3)11(2)5-6-17-4/h10-11H,5-8H2,1-4H3. The van der Waals surface area contributed by atoms with Crippen LogP contribution < -0.4 is 0 Å². The first kappa shape index (κ1) is 14.4. The van der Waals surface area contributed by atoms with Gasteiger partial charge in [0, 0.05) is 13.1 Å². The Balaban J connectivity index is 2.60. The van der Waals surface area contributed by atoms with E-state index in [2.05, 4.69) is 26.2 Å². The fourth-order valence-corrected chi connectivity index (χ4v) is 3.04. The van der Waals surface area contributed by atoms with E-state index in [9.17, 15) is 10.1 Å². The van der Waals surface area contributed by atoms with Crippen molar-refractivity contribution in [3.63, 3.8) is 0 Å². The molecule has 1 amide bonds. The van der Waals surface area contributed by atoms with Crippen molar-refractivity contribution >= 4 is 17.7 Å². The largest absolute Gasteiger partial charge is 0.342 e. The zero-order valence-corrected chi connectivity index (χ0v) is 12.0. The van der Waals surface area contributed by atoms with E-state index in [1.165, 1.54) is 0 Å². The third-order valence-electron chi connectivity index (χ3n) is 3.74. The average Bonchev–Trinajstić information content (AvgIpc) is 2.29. The van der Waals surface area contributed by atoms with Crippen molar-refractivity contribution in [3.05, 3.63) is 0 Å². The second-order valence-electron chi connectivity index (χ2n) is 5.25. The van der Waals surface area contributed by atoms with E-state index in [4.69, 9.17) is 0 Å². The molecule has 96 valence electrons. The predicted octanol–water partition coefficient (Wildman–Crippen LogP) is 2.53. The van der Waals surface area contributed by atoms with E-state index in [0.29, 0.717) is 5.92 Å². The second kappa shape index (κ2) is 5.77. The second-order valence-corrected chi connectivity index (χ2v) is 6.24. The first-order valence-corrected chi connectivity index (χ1v) is 7.53. The molecule has 0 radical (unpaired) electrons. The Kier molecular flexibility index (Phi) is 4.88. The summed E-state index contributed by atoms with van der Waals surface area (Å²) in [5.74, 6) is 1.58. The zero-order chi connectivity index (χ0) is 13.1. The molecule has 0 aromatic carbocycles. The normalized spacial score (nSPS) is 29.0.